The standard InChI is InChI=1S/C19H21N3O2/c23-15-6-7-18(20-13-15)21-8-10-22(11-9-21)19(24)17-12-16(17)14-4-2-1-3-5-14/h1-7,13,16-17,23H,8-12H2/t16-,17+/m1/s1. The van der Waals surface area contributed by atoms with Gasteiger partial charge in [0.2, 0.25) is 5.91 Å². The second-order valence-electron chi connectivity index (χ2n) is 6.55. The van der Waals surface area contributed by atoms with E-state index in [0.29, 0.717) is 11.8 Å². The second-order valence-corrected chi connectivity index (χ2v) is 6.55. The smallest absolute Gasteiger partial charge is 0.226 e. The van der Waals surface area contributed by atoms with Gasteiger partial charge in [0.1, 0.15) is 11.6 Å². The number of carbonyl (C=O) groups excluding carboxylic acids is 1. The third-order valence-corrected chi connectivity index (χ3v) is 4.98. The molecule has 1 N–H and O–H groups in total. The Bertz CT molecular complexity index is 709. The molecule has 24 heavy (non-hydrogen) atoms. The van der Waals surface area contributed by atoms with Gasteiger partial charge in [-0.15, -0.1) is 0 Å². The number of benzene rings is 1. The van der Waals surface area contributed by atoms with Gasteiger partial charge in [-0.3, -0.25) is 4.79 Å². The summed E-state index contributed by atoms with van der Waals surface area (Å²) >= 11 is 0. The van der Waals surface area contributed by atoms with E-state index in [1.165, 1.54) is 11.8 Å². The van der Waals surface area contributed by atoms with Gasteiger partial charge >= 0.3 is 0 Å². The van der Waals surface area contributed by atoms with Gasteiger partial charge in [-0.05, 0) is 30.0 Å². The van der Waals surface area contributed by atoms with Crippen LogP contribution in [0, 0.1) is 5.92 Å². The summed E-state index contributed by atoms with van der Waals surface area (Å²) in [6.45, 7) is 3.04. The SMILES string of the molecule is O=C([C@H]1C[C@@H]1c1ccccc1)N1CCN(c2ccc(O)cn2)CC1. The molecule has 1 amide bonds. The number of hydrogen-bond acceptors (Lipinski definition) is 4. The molecule has 4 rings (SSSR count). The minimum atomic E-state index is 0.158. The van der Waals surface area contributed by atoms with E-state index in [1.54, 1.807) is 6.07 Å². The third-order valence-electron chi connectivity index (χ3n) is 4.98. The number of aromatic nitrogens is 1. The number of carbonyl (C=O) groups is 1. The van der Waals surface area contributed by atoms with Gasteiger partial charge in [-0.25, -0.2) is 4.98 Å². The zero-order valence-corrected chi connectivity index (χ0v) is 13.5. The fourth-order valence-corrected chi connectivity index (χ4v) is 3.49. The summed E-state index contributed by atoms with van der Waals surface area (Å²) in [4.78, 5) is 21.1. The number of hydrogen-bond donors (Lipinski definition) is 1. The Morgan fingerprint density at radius 1 is 1.04 bits per heavy atom. The van der Waals surface area contributed by atoms with Crippen LogP contribution in [0.25, 0.3) is 0 Å². The molecule has 5 heteroatoms. The summed E-state index contributed by atoms with van der Waals surface area (Å²) < 4.78 is 0. The predicted molar refractivity (Wildman–Crippen MR) is 92.0 cm³/mol. The third kappa shape index (κ3) is 2.94. The number of piperazine rings is 1. The number of pyridine rings is 1. The first-order chi connectivity index (χ1) is 11.7. The van der Waals surface area contributed by atoms with E-state index in [9.17, 15) is 9.90 Å². The molecule has 0 bridgehead atoms. The van der Waals surface area contributed by atoms with Crippen molar-refractivity contribution >= 4 is 11.7 Å². The molecule has 2 aliphatic rings. The number of anilines is 1. The lowest BCUT2D eigenvalue weighted by Crippen LogP contribution is -2.49. The number of nitrogens with zero attached hydrogens (tertiary/aromatic N) is 3. The first-order valence-corrected chi connectivity index (χ1v) is 8.46. The van der Waals surface area contributed by atoms with Gasteiger partial charge in [-0.2, -0.15) is 0 Å². The molecule has 2 aromatic rings. The van der Waals surface area contributed by atoms with Gasteiger partial charge in [0.15, 0.2) is 0 Å². The van der Waals surface area contributed by atoms with E-state index >= 15 is 0 Å². The van der Waals surface area contributed by atoms with E-state index in [2.05, 4.69) is 22.0 Å². The Morgan fingerprint density at radius 3 is 2.46 bits per heavy atom. The predicted octanol–water partition coefficient (Wildman–Crippen LogP) is 2.24. The largest absolute Gasteiger partial charge is 0.506 e. The Kier molecular flexibility index (Phi) is 3.84. The Balaban J connectivity index is 1.33. The van der Waals surface area contributed by atoms with Crippen molar-refractivity contribution in [2.45, 2.75) is 12.3 Å². The highest BCUT2D eigenvalue weighted by Crippen LogP contribution is 2.48. The van der Waals surface area contributed by atoms with Crippen LogP contribution in [-0.4, -0.2) is 47.1 Å². The number of amides is 1. The topological polar surface area (TPSA) is 56.7 Å². The minimum absolute atomic E-state index is 0.158. The maximum Gasteiger partial charge on any atom is 0.226 e. The summed E-state index contributed by atoms with van der Waals surface area (Å²) in [7, 11) is 0. The van der Waals surface area contributed by atoms with E-state index in [4.69, 9.17) is 0 Å². The molecule has 2 heterocycles. The van der Waals surface area contributed by atoms with Crippen LogP contribution in [0.5, 0.6) is 5.75 Å². The number of rotatable bonds is 3. The summed E-state index contributed by atoms with van der Waals surface area (Å²) in [5, 5.41) is 9.32. The highest BCUT2D eigenvalue weighted by molar-refractivity contribution is 5.83. The first-order valence-electron chi connectivity index (χ1n) is 8.46. The number of aromatic hydroxyl groups is 1. The second kappa shape index (κ2) is 6.15. The van der Waals surface area contributed by atoms with Gasteiger partial charge in [0.25, 0.3) is 0 Å². The van der Waals surface area contributed by atoms with Crippen LogP contribution in [0.15, 0.2) is 48.7 Å². The molecule has 5 nitrogen and oxygen atoms in total. The van der Waals surface area contributed by atoms with E-state index < -0.39 is 0 Å². The van der Waals surface area contributed by atoms with Crippen molar-refractivity contribution in [3.63, 3.8) is 0 Å². The van der Waals surface area contributed by atoms with E-state index in [-0.39, 0.29) is 11.7 Å². The van der Waals surface area contributed by atoms with Crippen LogP contribution in [0.1, 0.15) is 17.9 Å². The van der Waals surface area contributed by atoms with Gasteiger partial charge in [0.05, 0.1) is 6.20 Å². The van der Waals surface area contributed by atoms with Crippen molar-refractivity contribution in [1.82, 2.24) is 9.88 Å². The first kappa shape index (κ1) is 15.0. The maximum atomic E-state index is 12.7. The van der Waals surface area contributed by atoms with Crippen LogP contribution in [0.3, 0.4) is 0 Å². The van der Waals surface area contributed by atoms with E-state index in [0.717, 1.165) is 38.4 Å². The summed E-state index contributed by atoms with van der Waals surface area (Å²) in [6.07, 6.45) is 2.43. The quantitative estimate of drug-likeness (QED) is 0.941. The zero-order valence-electron chi connectivity index (χ0n) is 13.5. The molecular formula is C19H21N3O2. The van der Waals surface area contributed by atoms with Crippen LogP contribution >= 0.6 is 0 Å². The molecular weight excluding hydrogens is 302 g/mol. The normalized spacial score (nSPS) is 23.2. The van der Waals surface area contributed by atoms with Crippen LogP contribution in [0.2, 0.25) is 0 Å². The van der Waals surface area contributed by atoms with Crippen molar-refractivity contribution < 1.29 is 9.90 Å². The highest BCUT2D eigenvalue weighted by atomic mass is 16.3. The Labute approximate surface area is 141 Å². The molecule has 1 aromatic carbocycles. The highest BCUT2D eigenvalue weighted by Gasteiger charge is 2.45. The van der Waals surface area contributed by atoms with Crippen LogP contribution in [0.4, 0.5) is 5.82 Å². The molecule has 124 valence electrons. The lowest BCUT2D eigenvalue weighted by atomic mass is 10.1. The molecule has 2 atom stereocenters. The summed E-state index contributed by atoms with van der Waals surface area (Å²) in [5.41, 5.74) is 1.28. The molecule has 1 aromatic heterocycles. The monoisotopic (exact) mass is 323 g/mol. The van der Waals surface area contributed by atoms with Crippen molar-refractivity contribution in [2.75, 3.05) is 31.1 Å². The molecule has 1 aliphatic heterocycles. The van der Waals surface area contributed by atoms with Gasteiger partial charge < -0.3 is 14.9 Å². The van der Waals surface area contributed by atoms with Crippen LogP contribution < -0.4 is 4.90 Å². The fraction of sp³-hybridized carbons (Fsp3) is 0.368. The summed E-state index contributed by atoms with van der Waals surface area (Å²) in [5.74, 6) is 1.88. The Hall–Kier alpha value is -2.56. The lowest BCUT2D eigenvalue weighted by Gasteiger charge is -2.35. The average molecular weight is 323 g/mol. The van der Waals surface area contributed by atoms with Gasteiger partial charge in [-0.1, -0.05) is 30.3 Å². The molecule has 0 spiro atoms. The zero-order chi connectivity index (χ0) is 16.5. The molecule has 0 radical (unpaired) electrons. The minimum Gasteiger partial charge on any atom is -0.506 e. The molecule has 2 fully saturated rings. The maximum absolute atomic E-state index is 12.7. The van der Waals surface area contributed by atoms with E-state index in [1.807, 2.05) is 29.2 Å². The summed E-state index contributed by atoms with van der Waals surface area (Å²) in [6, 6.07) is 13.8. The molecule has 1 saturated heterocycles. The molecule has 0 unspecified atom stereocenters. The Morgan fingerprint density at radius 2 is 1.79 bits per heavy atom. The molecule has 1 saturated carbocycles. The van der Waals surface area contributed by atoms with Crippen molar-refractivity contribution in [1.29, 1.82) is 0 Å². The molecule has 1 aliphatic carbocycles. The average Bonchev–Trinajstić information content (AvgIpc) is 3.43. The van der Waals surface area contributed by atoms with Crippen molar-refractivity contribution in [2.24, 2.45) is 5.92 Å². The lowest BCUT2D eigenvalue weighted by molar-refractivity contribution is -0.133. The van der Waals surface area contributed by atoms with Crippen LogP contribution in [-0.2, 0) is 4.79 Å². The fourth-order valence-electron chi connectivity index (χ4n) is 3.49. The van der Waals surface area contributed by atoms with Gasteiger partial charge in [0, 0.05) is 32.1 Å². The van der Waals surface area contributed by atoms with Crippen molar-refractivity contribution in [3.05, 3.63) is 54.2 Å². The van der Waals surface area contributed by atoms with Crippen molar-refractivity contribution in [3.8, 4) is 5.75 Å².